The van der Waals surface area contributed by atoms with Crippen LogP contribution in [0.5, 0.6) is 0 Å². The van der Waals surface area contributed by atoms with E-state index in [1.54, 1.807) is 24.0 Å². The molecule has 0 bridgehead atoms. The summed E-state index contributed by atoms with van der Waals surface area (Å²) in [5.41, 5.74) is 6.84. The van der Waals surface area contributed by atoms with Crippen molar-refractivity contribution in [3.05, 3.63) is 24.5 Å². The minimum atomic E-state index is -0.700. The summed E-state index contributed by atoms with van der Waals surface area (Å²) < 4.78 is 7.24. The summed E-state index contributed by atoms with van der Waals surface area (Å²) in [4.78, 5) is 8.03. The lowest BCUT2D eigenvalue weighted by Crippen LogP contribution is -2.28. The van der Waals surface area contributed by atoms with Crippen LogP contribution in [-0.4, -0.2) is 51.7 Å². The maximum Gasteiger partial charge on any atom is 0.175 e. The van der Waals surface area contributed by atoms with Gasteiger partial charge in [0.25, 0.3) is 0 Å². The molecule has 7 heteroatoms. The van der Waals surface area contributed by atoms with E-state index in [1.165, 1.54) is 0 Å². The fraction of sp³-hybridized carbons (Fsp3) is 0.500. The zero-order valence-electron chi connectivity index (χ0n) is 10.7. The minimum absolute atomic E-state index is 0.223. The largest absolute Gasteiger partial charge is 0.394 e. The van der Waals surface area contributed by atoms with Crippen LogP contribution in [0.2, 0.25) is 0 Å². The number of aliphatic hydroxyl groups is 2. The summed E-state index contributed by atoms with van der Waals surface area (Å²) >= 11 is 0. The van der Waals surface area contributed by atoms with Gasteiger partial charge in [0, 0.05) is 31.6 Å². The highest BCUT2D eigenvalue weighted by Gasteiger charge is 2.35. The lowest BCUT2D eigenvalue weighted by Gasteiger charge is -2.17. The average molecular weight is 266 g/mol. The van der Waals surface area contributed by atoms with Gasteiger partial charge in [-0.25, -0.2) is 4.98 Å². The van der Waals surface area contributed by atoms with Gasteiger partial charge in [-0.2, -0.15) is 0 Å². The van der Waals surface area contributed by atoms with Crippen LogP contribution in [0.4, 0.5) is 5.82 Å². The van der Waals surface area contributed by atoms with Crippen molar-refractivity contribution < 1.29 is 14.9 Å². The number of ether oxygens (including phenoxy) is 1. The minimum Gasteiger partial charge on any atom is -0.394 e. The Labute approximate surface area is 110 Å². The summed E-state index contributed by atoms with van der Waals surface area (Å²) in [6, 6.07) is 0. The summed E-state index contributed by atoms with van der Waals surface area (Å²) in [5.74, 6) is 0.295. The molecule has 1 fully saturated rings. The molecule has 2 rings (SSSR count). The van der Waals surface area contributed by atoms with Gasteiger partial charge in [0.15, 0.2) is 11.3 Å². The summed E-state index contributed by atoms with van der Waals surface area (Å²) in [6.45, 7) is 3.74. The third kappa shape index (κ3) is 2.53. The van der Waals surface area contributed by atoms with Crippen LogP contribution in [0, 0.1) is 0 Å². The lowest BCUT2D eigenvalue weighted by molar-refractivity contribution is -0.00951. The van der Waals surface area contributed by atoms with E-state index in [1.807, 2.05) is 0 Å². The monoisotopic (exact) mass is 266 g/mol. The van der Waals surface area contributed by atoms with Crippen molar-refractivity contribution in [2.75, 3.05) is 19.4 Å². The number of nitrogen functional groups attached to an aromatic ring is 1. The van der Waals surface area contributed by atoms with Gasteiger partial charge in [0.1, 0.15) is 12.2 Å². The highest BCUT2D eigenvalue weighted by molar-refractivity contribution is 5.48. The quantitative estimate of drug-likeness (QED) is 0.649. The maximum atomic E-state index is 9.74. The van der Waals surface area contributed by atoms with Crippen molar-refractivity contribution >= 4 is 11.5 Å². The van der Waals surface area contributed by atoms with Crippen molar-refractivity contribution in [2.24, 2.45) is 4.99 Å². The molecule has 0 radical (unpaired) electrons. The van der Waals surface area contributed by atoms with Crippen LogP contribution < -0.4 is 11.2 Å². The predicted molar refractivity (Wildman–Crippen MR) is 69.8 cm³/mol. The van der Waals surface area contributed by atoms with Gasteiger partial charge in [-0.1, -0.05) is 6.58 Å². The third-order valence-electron chi connectivity index (χ3n) is 3.18. The molecule has 1 saturated heterocycles. The smallest absolute Gasteiger partial charge is 0.175 e. The zero-order chi connectivity index (χ0) is 14.0. The van der Waals surface area contributed by atoms with Crippen LogP contribution >= 0.6 is 0 Å². The first-order valence-electron chi connectivity index (χ1n) is 5.98. The fourth-order valence-electron chi connectivity index (χ4n) is 2.15. The van der Waals surface area contributed by atoms with E-state index in [9.17, 15) is 5.11 Å². The number of hydrogen-bond donors (Lipinski definition) is 3. The first-order chi connectivity index (χ1) is 9.08. The molecular weight excluding hydrogens is 248 g/mol. The summed E-state index contributed by atoms with van der Waals surface area (Å²) in [7, 11) is 1.61. The van der Waals surface area contributed by atoms with Gasteiger partial charge in [-0.3, -0.25) is 9.56 Å². The standard InChI is InChI=1S/C12H18N4O3/c1-7(9-5-8(18)10(6-17)19-9)16-4-3-15-11(13)12(16)14-2/h3-4,8-10,17-18H,1,5-6H2,2H3,(H2,13,15)/t8-,9+,10+/m0/s1. The molecule has 0 aromatic carbocycles. The Morgan fingerprint density at radius 2 is 2.47 bits per heavy atom. The fourth-order valence-corrected chi connectivity index (χ4v) is 2.15. The first kappa shape index (κ1) is 13.7. The van der Waals surface area contributed by atoms with Crippen LogP contribution in [0.15, 0.2) is 24.0 Å². The molecule has 0 saturated carbocycles. The number of rotatable bonds is 3. The molecule has 19 heavy (non-hydrogen) atoms. The molecule has 7 nitrogen and oxygen atoms in total. The van der Waals surface area contributed by atoms with Gasteiger partial charge < -0.3 is 20.7 Å². The Hall–Kier alpha value is -1.70. The lowest BCUT2D eigenvalue weighted by atomic mass is 10.1. The molecule has 3 atom stereocenters. The normalized spacial score (nSPS) is 27.7. The van der Waals surface area contributed by atoms with Gasteiger partial charge in [0.2, 0.25) is 0 Å². The number of hydrogen-bond acceptors (Lipinski definition) is 6. The Morgan fingerprint density at radius 3 is 3.05 bits per heavy atom. The molecule has 0 amide bonds. The van der Waals surface area contributed by atoms with Crippen LogP contribution in [0.25, 0.3) is 5.70 Å². The van der Waals surface area contributed by atoms with E-state index in [0.717, 1.165) is 0 Å². The number of aromatic nitrogens is 2. The molecule has 1 aromatic heterocycles. The maximum absolute atomic E-state index is 9.74. The molecule has 0 unspecified atom stereocenters. The Balaban J connectivity index is 2.29. The summed E-state index contributed by atoms with van der Waals surface area (Å²) in [6.07, 6.45) is 1.94. The molecular formula is C12H18N4O3. The van der Waals surface area contributed by atoms with E-state index in [4.69, 9.17) is 15.6 Å². The highest BCUT2D eigenvalue weighted by Crippen LogP contribution is 2.26. The van der Waals surface area contributed by atoms with Crippen molar-refractivity contribution in [3.63, 3.8) is 0 Å². The van der Waals surface area contributed by atoms with Gasteiger partial charge in [-0.15, -0.1) is 0 Å². The van der Waals surface area contributed by atoms with E-state index in [2.05, 4.69) is 16.6 Å². The second kappa shape index (κ2) is 5.52. The molecule has 1 aromatic rings. The van der Waals surface area contributed by atoms with Gasteiger partial charge in [-0.05, 0) is 0 Å². The molecule has 2 heterocycles. The van der Waals surface area contributed by atoms with E-state index >= 15 is 0 Å². The van der Waals surface area contributed by atoms with Crippen molar-refractivity contribution in [3.8, 4) is 0 Å². The van der Waals surface area contributed by atoms with Crippen molar-refractivity contribution in [1.82, 2.24) is 9.55 Å². The average Bonchev–Trinajstić information content (AvgIpc) is 2.78. The van der Waals surface area contributed by atoms with Crippen LogP contribution in [0.1, 0.15) is 6.42 Å². The molecule has 4 N–H and O–H groups in total. The van der Waals surface area contributed by atoms with Gasteiger partial charge >= 0.3 is 0 Å². The highest BCUT2D eigenvalue weighted by atomic mass is 16.5. The van der Waals surface area contributed by atoms with Crippen LogP contribution in [-0.2, 0) is 4.74 Å². The van der Waals surface area contributed by atoms with Crippen molar-refractivity contribution in [2.45, 2.75) is 24.7 Å². The van der Waals surface area contributed by atoms with Crippen molar-refractivity contribution in [1.29, 1.82) is 0 Å². The van der Waals surface area contributed by atoms with E-state index < -0.39 is 12.2 Å². The number of aliphatic hydroxyl groups excluding tert-OH is 2. The topological polar surface area (TPSA) is 106 Å². The second-order valence-corrected chi connectivity index (χ2v) is 4.37. The molecule has 0 spiro atoms. The zero-order valence-corrected chi connectivity index (χ0v) is 10.7. The molecule has 1 aliphatic heterocycles. The number of nitrogens with zero attached hydrogens (tertiary/aromatic N) is 3. The predicted octanol–water partition coefficient (Wildman–Crippen LogP) is -1.02. The summed E-state index contributed by atoms with van der Waals surface area (Å²) in [5, 5.41) is 18.8. The Bertz CT molecular complexity index is 540. The number of anilines is 1. The molecule has 0 aliphatic carbocycles. The SMILES string of the molecule is C=C([C@H]1C[C@H](O)[C@@H](CO)O1)n1ccnc(N)c1=NC. The van der Waals surface area contributed by atoms with E-state index in [-0.39, 0.29) is 12.7 Å². The molecule has 104 valence electrons. The Morgan fingerprint density at radius 1 is 1.74 bits per heavy atom. The van der Waals surface area contributed by atoms with Crippen LogP contribution in [0.3, 0.4) is 0 Å². The second-order valence-electron chi connectivity index (χ2n) is 4.37. The Kier molecular flexibility index (Phi) is 3.98. The first-order valence-corrected chi connectivity index (χ1v) is 5.98. The van der Waals surface area contributed by atoms with E-state index in [0.29, 0.717) is 23.4 Å². The third-order valence-corrected chi connectivity index (χ3v) is 3.18. The van der Waals surface area contributed by atoms with Gasteiger partial charge in [0.05, 0.1) is 12.7 Å². The molecule has 1 aliphatic rings. The number of nitrogens with two attached hydrogens (primary N) is 1.